The molecule has 2 rings (SSSR count). The number of nitrogens with one attached hydrogen (secondary N) is 1. The summed E-state index contributed by atoms with van der Waals surface area (Å²) in [7, 11) is 4.36. The summed E-state index contributed by atoms with van der Waals surface area (Å²) in [4.78, 5) is 37.0. The molecule has 16 heavy (non-hydrogen) atoms. The summed E-state index contributed by atoms with van der Waals surface area (Å²) < 4.78 is 3.39. The Hall–Kier alpha value is -1.05. The van der Waals surface area contributed by atoms with Crippen LogP contribution >= 0.6 is 0 Å². The number of rotatable bonds is 0. The molecule has 0 aliphatic carbocycles. The molecule has 0 atom stereocenters. The zero-order chi connectivity index (χ0) is 11.3. The van der Waals surface area contributed by atoms with Crippen molar-refractivity contribution in [1.82, 2.24) is 18.7 Å². The van der Waals surface area contributed by atoms with Crippen LogP contribution < -0.4 is 16.9 Å². The zero-order valence-electron chi connectivity index (χ0n) is 8.57. The number of fused-ring (bicyclic) bond motifs is 1. The molecular weight excluding hydrogens is 223 g/mol. The van der Waals surface area contributed by atoms with Crippen molar-refractivity contribution in [3.63, 3.8) is 0 Å². The fourth-order valence-electron chi connectivity index (χ4n) is 1.56. The van der Waals surface area contributed by atoms with Crippen molar-refractivity contribution in [2.24, 2.45) is 21.1 Å². The fourth-order valence-corrected chi connectivity index (χ4v) is 1.56. The Morgan fingerprint density at radius 3 is 2.06 bits per heavy atom. The first kappa shape index (κ1) is 13.0. The molecule has 82 valence electrons. The van der Waals surface area contributed by atoms with Crippen LogP contribution in [0, 0.1) is 0 Å². The van der Waals surface area contributed by atoms with Gasteiger partial charge in [0.05, 0.1) is 0 Å². The Balaban J connectivity index is 0.00000128. The van der Waals surface area contributed by atoms with Crippen LogP contribution in [0.4, 0.5) is 0 Å². The van der Waals surface area contributed by atoms with E-state index in [9.17, 15) is 14.4 Å². The number of nitrogens with zero attached hydrogens (tertiary/aromatic N) is 3. The van der Waals surface area contributed by atoms with Gasteiger partial charge < -0.3 is 0 Å². The predicted octanol–water partition coefficient (Wildman–Crippen LogP) is -2.38. The number of imidazole rings is 1. The minimum atomic E-state index is -0.478. The van der Waals surface area contributed by atoms with Crippen molar-refractivity contribution in [2.75, 3.05) is 0 Å². The molecule has 0 radical (unpaired) electrons. The summed E-state index contributed by atoms with van der Waals surface area (Å²) in [5, 5.41) is 0. The zero-order valence-corrected chi connectivity index (χ0v) is 8.57. The monoisotopic (exact) mass is 234 g/mol. The van der Waals surface area contributed by atoms with E-state index in [0.29, 0.717) is 0 Å². The molecule has 0 saturated carbocycles. The molecule has 0 amide bonds. The van der Waals surface area contributed by atoms with Gasteiger partial charge in [0, 0.05) is 21.1 Å². The van der Waals surface area contributed by atoms with Gasteiger partial charge in [-0.3, -0.25) is 23.5 Å². The van der Waals surface area contributed by atoms with E-state index in [1.165, 1.54) is 30.3 Å². The Morgan fingerprint density at radius 2 is 1.50 bits per heavy atom. The van der Waals surface area contributed by atoms with Crippen LogP contribution in [0.1, 0.15) is 0 Å². The van der Waals surface area contributed by atoms with E-state index in [-0.39, 0.29) is 40.7 Å². The van der Waals surface area contributed by atoms with Gasteiger partial charge in [-0.1, -0.05) is 0 Å². The van der Waals surface area contributed by atoms with Crippen molar-refractivity contribution in [3.8, 4) is 0 Å². The summed E-state index contributed by atoms with van der Waals surface area (Å²) in [5.74, 6) is 0. The molecule has 0 spiro atoms. The van der Waals surface area contributed by atoms with E-state index in [1.807, 2.05) is 0 Å². The number of hydrogen-bond donors (Lipinski definition) is 1. The topological polar surface area (TPSA) is 81.8 Å². The number of aromatic amines is 1. The van der Waals surface area contributed by atoms with Gasteiger partial charge in [0.25, 0.3) is 5.56 Å². The van der Waals surface area contributed by atoms with Gasteiger partial charge >= 0.3 is 40.9 Å². The second-order valence-electron chi connectivity index (χ2n) is 3.39. The molecule has 0 aliphatic heterocycles. The Bertz CT molecular complexity index is 718. The fraction of sp³-hybridized carbons (Fsp3) is 0.375. The van der Waals surface area contributed by atoms with Crippen molar-refractivity contribution >= 4 is 40.7 Å². The molecule has 0 aliphatic rings. The normalized spacial score (nSPS) is 10.4. The van der Waals surface area contributed by atoms with E-state index >= 15 is 0 Å². The van der Waals surface area contributed by atoms with Crippen molar-refractivity contribution in [2.45, 2.75) is 0 Å². The third-order valence-corrected chi connectivity index (χ3v) is 2.51. The summed E-state index contributed by atoms with van der Waals surface area (Å²) in [6.07, 6.45) is 0. The maximum atomic E-state index is 11.7. The molecule has 1 N–H and O–H groups in total. The molecule has 0 bridgehead atoms. The molecule has 8 heteroatoms. The van der Waals surface area contributed by atoms with Crippen LogP contribution in [-0.2, 0) is 21.1 Å². The molecule has 0 unspecified atom stereocenters. The Morgan fingerprint density at radius 1 is 0.938 bits per heavy atom. The van der Waals surface area contributed by atoms with E-state index in [4.69, 9.17) is 0 Å². The van der Waals surface area contributed by atoms with E-state index in [1.54, 1.807) is 0 Å². The molecule has 7 nitrogen and oxygen atoms in total. The number of H-pyrrole nitrogens is 1. The van der Waals surface area contributed by atoms with Gasteiger partial charge in [-0.2, -0.15) is 0 Å². The first-order chi connectivity index (χ1) is 6.95. The average molecular weight is 234 g/mol. The summed E-state index contributed by atoms with van der Waals surface area (Å²) >= 11 is 0. The second-order valence-corrected chi connectivity index (χ2v) is 3.39. The van der Waals surface area contributed by atoms with Crippen LogP contribution in [0.5, 0.6) is 0 Å². The average Bonchev–Trinajstić information content (AvgIpc) is 2.50. The van der Waals surface area contributed by atoms with Gasteiger partial charge in [0.1, 0.15) is 5.65 Å². The molecule has 2 aromatic rings. The van der Waals surface area contributed by atoms with E-state index < -0.39 is 16.9 Å². The third-order valence-electron chi connectivity index (χ3n) is 2.51. The van der Waals surface area contributed by atoms with E-state index in [0.717, 1.165) is 4.57 Å². The van der Waals surface area contributed by atoms with Gasteiger partial charge in [-0.05, 0) is 0 Å². The predicted molar refractivity (Wildman–Crippen MR) is 61.2 cm³/mol. The Labute approximate surface area is 112 Å². The number of aromatic nitrogens is 4. The molecule has 2 heterocycles. The standard InChI is InChI=1S/C8H10N4O3.Na.H/c1-10-4-5(9-7(10)14)11(2)8(15)12(3)6(4)13;;/h1-3H3,(H,9,14);;. The van der Waals surface area contributed by atoms with Gasteiger partial charge in [0.15, 0.2) is 5.52 Å². The molecule has 0 fully saturated rings. The van der Waals surface area contributed by atoms with Gasteiger partial charge in [-0.25, -0.2) is 9.59 Å². The van der Waals surface area contributed by atoms with Crippen LogP contribution in [0.25, 0.3) is 11.2 Å². The van der Waals surface area contributed by atoms with Crippen LogP contribution in [0.3, 0.4) is 0 Å². The first-order valence-corrected chi connectivity index (χ1v) is 4.30. The number of hydrogen-bond acceptors (Lipinski definition) is 3. The molecular formula is C8H11N4NaO3. The van der Waals surface area contributed by atoms with E-state index in [2.05, 4.69) is 4.98 Å². The van der Waals surface area contributed by atoms with Crippen LogP contribution in [-0.4, -0.2) is 48.2 Å². The minimum absolute atomic E-state index is 0. The van der Waals surface area contributed by atoms with Gasteiger partial charge in [0.2, 0.25) is 0 Å². The van der Waals surface area contributed by atoms with Gasteiger partial charge in [-0.15, -0.1) is 0 Å². The second kappa shape index (κ2) is 4.08. The maximum absolute atomic E-state index is 11.7. The molecule has 0 saturated heterocycles. The first-order valence-electron chi connectivity index (χ1n) is 4.30. The quantitative estimate of drug-likeness (QED) is 0.517. The summed E-state index contributed by atoms with van der Waals surface area (Å²) in [6.45, 7) is 0. The van der Waals surface area contributed by atoms with Crippen LogP contribution in [0.2, 0.25) is 0 Å². The van der Waals surface area contributed by atoms with Crippen LogP contribution in [0.15, 0.2) is 14.4 Å². The Kier molecular flexibility index (Phi) is 3.32. The SMILES string of the molecule is Cn1c(=O)c2c([nH]c(=O)n2C)n(C)c1=O.[NaH]. The summed E-state index contributed by atoms with van der Waals surface area (Å²) in [5.41, 5.74) is -0.910. The van der Waals surface area contributed by atoms with Crippen molar-refractivity contribution in [1.29, 1.82) is 0 Å². The molecule has 2 aromatic heterocycles. The summed E-state index contributed by atoms with van der Waals surface area (Å²) in [6, 6.07) is 0. The number of aryl methyl sites for hydroxylation is 2. The van der Waals surface area contributed by atoms with Crippen molar-refractivity contribution in [3.05, 3.63) is 31.3 Å². The van der Waals surface area contributed by atoms with Crippen molar-refractivity contribution < 1.29 is 0 Å². The third kappa shape index (κ3) is 1.51. The molecule has 0 aromatic carbocycles.